The normalized spacial score (nSPS) is 10.9. The molecule has 0 bridgehead atoms. The van der Waals surface area contributed by atoms with Crippen LogP contribution in [0.2, 0.25) is 5.28 Å². The first kappa shape index (κ1) is 12.8. The molecule has 0 fully saturated rings. The van der Waals surface area contributed by atoms with Gasteiger partial charge in [0.25, 0.3) is 0 Å². The van der Waals surface area contributed by atoms with E-state index in [0.29, 0.717) is 23.6 Å². The number of fused-ring (bicyclic) bond motifs is 1. The Morgan fingerprint density at radius 3 is 3.00 bits per heavy atom. The number of hydrogen-bond donors (Lipinski definition) is 2. The number of ether oxygens (including phenoxy) is 1. The van der Waals surface area contributed by atoms with Crippen LogP contribution in [0.4, 0.5) is 11.5 Å². The standard InChI is InChI=1S/C13H12ClN5O/c1-20-6-8-4-2-3-5-9(8)17-12-10-11(16-7-15-10)18-13(14)19-12/h2-5,7H,6H2,1H3,(H2,15,16,17,18,19). The van der Waals surface area contributed by atoms with E-state index in [-0.39, 0.29) is 5.28 Å². The van der Waals surface area contributed by atoms with Crippen LogP contribution >= 0.6 is 11.6 Å². The maximum absolute atomic E-state index is 5.91. The Morgan fingerprint density at radius 1 is 1.30 bits per heavy atom. The number of H-pyrrole nitrogens is 1. The van der Waals surface area contributed by atoms with Crippen LogP contribution in [0.15, 0.2) is 30.6 Å². The van der Waals surface area contributed by atoms with Gasteiger partial charge in [-0.2, -0.15) is 9.97 Å². The van der Waals surface area contributed by atoms with Gasteiger partial charge in [0, 0.05) is 18.4 Å². The Bertz CT molecular complexity index is 742. The number of benzene rings is 1. The van der Waals surface area contributed by atoms with Crippen LogP contribution in [0.1, 0.15) is 5.56 Å². The number of aromatic nitrogens is 4. The Hall–Kier alpha value is -2.18. The maximum Gasteiger partial charge on any atom is 0.226 e. The highest BCUT2D eigenvalue weighted by atomic mass is 35.5. The number of imidazole rings is 1. The number of nitrogens with zero attached hydrogens (tertiary/aromatic N) is 3. The summed E-state index contributed by atoms with van der Waals surface area (Å²) in [7, 11) is 1.66. The molecule has 1 aromatic carbocycles. The summed E-state index contributed by atoms with van der Waals surface area (Å²) < 4.78 is 5.18. The van der Waals surface area contributed by atoms with Crippen molar-refractivity contribution >= 4 is 34.3 Å². The van der Waals surface area contributed by atoms with Crippen LogP contribution in [-0.4, -0.2) is 27.0 Å². The molecule has 6 nitrogen and oxygen atoms in total. The third-order valence-corrected chi connectivity index (χ3v) is 3.00. The fraction of sp³-hybridized carbons (Fsp3) is 0.154. The zero-order valence-corrected chi connectivity index (χ0v) is 11.5. The highest BCUT2D eigenvalue weighted by molar-refractivity contribution is 6.28. The fourth-order valence-electron chi connectivity index (χ4n) is 1.95. The topological polar surface area (TPSA) is 75.7 Å². The lowest BCUT2D eigenvalue weighted by Gasteiger charge is -2.11. The van der Waals surface area contributed by atoms with Crippen molar-refractivity contribution < 1.29 is 4.74 Å². The van der Waals surface area contributed by atoms with E-state index in [9.17, 15) is 0 Å². The minimum atomic E-state index is 0.149. The minimum absolute atomic E-state index is 0.149. The van der Waals surface area contributed by atoms with Crippen LogP contribution in [0, 0.1) is 0 Å². The van der Waals surface area contributed by atoms with E-state index in [0.717, 1.165) is 11.3 Å². The van der Waals surface area contributed by atoms with Crippen molar-refractivity contribution in [1.29, 1.82) is 0 Å². The molecule has 0 atom stereocenters. The monoisotopic (exact) mass is 289 g/mol. The van der Waals surface area contributed by atoms with E-state index in [1.165, 1.54) is 0 Å². The fourth-order valence-corrected chi connectivity index (χ4v) is 2.11. The van der Waals surface area contributed by atoms with Gasteiger partial charge < -0.3 is 15.0 Å². The van der Waals surface area contributed by atoms with E-state index in [2.05, 4.69) is 25.3 Å². The lowest BCUT2D eigenvalue weighted by Crippen LogP contribution is -2.01. The predicted molar refractivity (Wildman–Crippen MR) is 77.1 cm³/mol. The molecule has 102 valence electrons. The molecular weight excluding hydrogens is 278 g/mol. The number of anilines is 2. The lowest BCUT2D eigenvalue weighted by molar-refractivity contribution is 0.185. The number of methoxy groups -OCH3 is 1. The zero-order valence-electron chi connectivity index (χ0n) is 10.7. The van der Waals surface area contributed by atoms with E-state index in [1.807, 2.05) is 24.3 Å². The quantitative estimate of drug-likeness (QED) is 0.722. The maximum atomic E-state index is 5.91. The van der Waals surface area contributed by atoms with Gasteiger partial charge in [0.2, 0.25) is 5.28 Å². The van der Waals surface area contributed by atoms with Crippen LogP contribution in [0.25, 0.3) is 11.2 Å². The van der Waals surface area contributed by atoms with Gasteiger partial charge in [-0.15, -0.1) is 0 Å². The molecule has 0 spiro atoms. The molecule has 0 aliphatic heterocycles. The first-order valence-electron chi connectivity index (χ1n) is 5.98. The molecule has 3 rings (SSSR count). The Balaban J connectivity index is 2.03. The summed E-state index contributed by atoms with van der Waals surface area (Å²) in [5.74, 6) is 0.584. The SMILES string of the molecule is COCc1ccccc1Nc1nc(Cl)nc2nc[nH]c12. The third kappa shape index (κ3) is 2.43. The van der Waals surface area contributed by atoms with Crippen molar-refractivity contribution in [3.05, 3.63) is 41.4 Å². The van der Waals surface area contributed by atoms with E-state index in [4.69, 9.17) is 16.3 Å². The molecule has 0 radical (unpaired) electrons. The molecule has 2 aromatic heterocycles. The van der Waals surface area contributed by atoms with Crippen molar-refractivity contribution in [3.8, 4) is 0 Å². The summed E-state index contributed by atoms with van der Waals surface area (Å²) in [6.45, 7) is 0.508. The van der Waals surface area contributed by atoms with Crippen molar-refractivity contribution in [2.45, 2.75) is 6.61 Å². The Kier molecular flexibility index (Phi) is 3.49. The molecule has 7 heteroatoms. The summed E-state index contributed by atoms with van der Waals surface area (Å²) in [5, 5.41) is 3.39. The van der Waals surface area contributed by atoms with Gasteiger partial charge in [-0.1, -0.05) is 18.2 Å². The molecule has 0 amide bonds. The van der Waals surface area contributed by atoms with Crippen molar-refractivity contribution in [3.63, 3.8) is 0 Å². The average Bonchev–Trinajstić information content (AvgIpc) is 2.89. The second-order valence-corrected chi connectivity index (χ2v) is 4.50. The summed E-state index contributed by atoms with van der Waals surface area (Å²) in [4.78, 5) is 15.3. The van der Waals surface area contributed by atoms with Gasteiger partial charge in [-0.25, -0.2) is 4.98 Å². The second kappa shape index (κ2) is 5.44. The van der Waals surface area contributed by atoms with Gasteiger partial charge in [0.1, 0.15) is 5.52 Å². The van der Waals surface area contributed by atoms with Crippen LogP contribution in [0.5, 0.6) is 0 Å². The van der Waals surface area contributed by atoms with Crippen molar-refractivity contribution in [2.75, 3.05) is 12.4 Å². The highest BCUT2D eigenvalue weighted by Gasteiger charge is 2.10. The Labute approximate surface area is 120 Å². The van der Waals surface area contributed by atoms with E-state index in [1.54, 1.807) is 13.4 Å². The molecule has 0 aliphatic rings. The summed E-state index contributed by atoms with van der Waals surface area (Å²) in [6, 6.07) is 7.83. The van der Waals surface area contributed by atoms with Crippen LogP contribution in [-0.2, 0) is 11.3 Å². The molecule has 2 heterocycles. The molecular formula is C13H12ClN5O. The predicted octanol–water partition coefficient (Wildman–Crippen LogP) is 2.90. The second-order valence-electron chi connectivity index (χ2n) is 4.16. The van der Waals surface area contributed by atoms with Crippen molar-refractivity contribution in [2.24, 2.45) is 0 Å². The zero-order chi connectivity index (χ0) is 13.9. The molecule has 0 saturated heterocycles. The van der Waals surface area contributed by atoms with Crippen molar-refractivity contribution in [1.82, 2.24) is 19.9 Å². The summed E-state index contributed by atoms with van der Waals surface area (Å²) in [5.41, 5.74) is 3.16. The minimum Gasteiger partial charge on any atom is -0.380 e. The summed E-state index contributed by atoms with van der Waals surface area (Å²) in [6.07, 6.45) is 1.56. The van der Waals surface area contributed by atoms with E-state index >= 15 is 0 Å². The number of para-hydroxylation sites is 1. The number of halogens is 1. The first-order valence-corrected chi connectivity index (χ1v) is 6.36. The summed E-state index contributed by atoms with van der Waals surface area (Å²) >= 11 is 5.91. The number of aromatic amines is 1. The molecule has 0 saturated carbocycles. The number of hydrogen-bond acceptors (Lipinski definition) is 5. The highest BCUT2D eigenvalue weighted by Crippen LogP contribution is 2.25. The average molecular weight is 290 g/mol. The van der Waals surface area contributed by atoms with Gasteiger partial charge in [0.15, 0.2) is 11.5 Å². The molecule has 2 N–H and O–H groups in total. The number of rotatable bonds is 4. The van der Waals surface area contributed by atoms with E-state index < -0.39 is 0 Å². The lowest BCUT2D eigenvalue weighted by atomic mass is 10.2. The van der Waals surface area contributed by atoms with Gasteiger partial charge in [-0.05, 0) is 17.7 Å². The van der Waals surface area contributed by atoms with Crippen LogP contribution < -0.4 is 5.32 Å². The number of nitrogens with one attached hydrogen (secondary N) is 2. The smallest absolute Gasteiger partial charge is 0.226 e. The first-order chi connectivity index (χ1) is 9.78. The van der Waals surface area contributed by atoms with Gasteiger partial charge >= 0.3 is 0 Å². The molecule has 20 heavy (non-hydrogen) atoms. The third-order valence-electron chi connectivity index (χ3n) is 2.83. The molecule has 3 aromatic rings. The Morgan fingerprint density at radius 2 is 2.15 bits per heavy atom. The van der Waals surface area contributed by atoms with Gasteiger partial charge in [-0.3, -0.25) is 0 Å². The van der Waals surface area contributed by atoms with Gasteiger partial charge in [0.05, 0.1) is 12.9 Å². The molecule has 0 aliphatic carbocycles. The van der Waals surface area contributed by atoms with Crippen LogP contribution in [0.3, 0.4) is 0 Å². The molecule has 0 unspecified atom stereocenters. The largest absolute Gasteiger partial charge is 0.380 e.